The molecule has 9 nitrogen and oxygen atoms in total. The van der Waals surface area contributed by atoms with Crippen molar-refractivity contribution in [1.82, 2.24) is 20.2 Å². The molecule has 1 N–H and O–H groups in total. The van der Waals surface area contributed by atoms with Crippen LogP contribution in [0.1, 0.15) is 16.7 Å². The Morgan fingerprint density at radius 2 is 1.70 bits per heavy atom. The summed E-state index contributed by atoms with van der Waals surface area (Å²) in [4.78, 5) is 23.0. The van der Waals surface area contributed by atoms with Crippen molar-refractivity contribution in [2.24, 2.45) is 5.10 Å². The number of amides is 1. The van der Waals surface area contributed by atoms with E-state index in [0.717, 1.165) is 22.4 Å². The molecule has 0 radical (unpaired) electrons. The molecular weight excluding hydrogens is 488 g/mol. The molecule has 0 saturated carbocycles. The van der Waals surface area contributed by atoms with Crippen LogP contribution < -0.4 is 5.43 Å². The van der Waals surface area contributed by atoms with Crippen molar-refractivity contribution in [3.63, 3.8) is 0 Å². The number of nitro groups is 1. The summed E-state index contributed by atoms with van der Waals surface area (Å²) < 4.78 is 1.93. The Hall–Kier alpha value is -4.57. The number of hydrogen-bond donors (Lipinski definition) is 1. The second-order valence-electron chi connectivity index (χ2n) is 8.12. The van der Waals surface area contributed by atoms with E-state index in [-0.39, 0.29) is 17.3 Å². The maximum absolute atomic E-state index is 12.4. The van der Waals surface area contributed by atoms with E-state index in [0.29, 0.717) is 16.5 Å². The summed E-state index contributed by atoms with van der Waals surface area (Å²) in [6.45, 7) is 4.05. The number of hydrogen-bond acceptors (Lipinski definition) is 7. The number of nitro benzene ring substituents is 1. The number of carbonyl (C=O) groups is 1. The molecule has 1 amide bonds. The molecule has 10 heteroatoms. The lowest BCUT2D eigenvalue weighted by Crippen LogP contribution is -2.19. The van der Waals surface area contributed by atoms with E-state index >= 15 is 0 Å². The standard InChI is InChI=1S/C27H24N6O3S/c1-19-9-13-22(14-10-19)26-30-31-27(32(26)23-15-11-20(2)12-16-23)37-18-25(34)29-28-17-5-7-21-6-3-4-8-24(21)33(35)36/h3-17H,18H2,1-2H3,(H,29,34). The van der Waals surface area contributed by atoms with E-state index in [1.165, 1.54) is 30.1 Å². The Labute approximate surface area is 218 Å². The van der Waals surface area contributed by atoms with Gasteiger partial charge in [0, 0.05) is 23.5 Å². The summed E-state index contributed by atoms with van der Waals surface area (Å²) in [5.74, 6) is 0.434. The molecule has 0 aliphatic rings. The number of nitrogens with one attached hydrogen (secondary N) is 1. The molecule has 186 valence electrons. The molecule has 4 aromatic rings. The first-order chi connectivity index (χ1) is 17.9. The summed E-state index contributed by atoms with van der Waals surface area (Å²) in [5.41, 5.74) is 6.99. The zero-order valence-electron chi connectivity index (χ0n) is 20.2. The minimum atomic E-state index is -0.449. The molecule has 0 fully saturated rings. The van der Waals surface area contributed by atoms with Crippen LogP contribution in [0.5, 0.6) is 0 Å². The number of benzene rings is 3. The van der Waals surface area contributed by atoms with Crippen molar-refractivity contribution in [3.8, 4) is 17.1 Å². The number of hydrazone groups is 1. The fourth-order valence-electron chi connectivity index (χ4n) is 3.44. The summed E-state index contributed by atoms with van der Waals surface area (Å²) in [6.07, 6.45) is 4.44. The van der Waals surface area contributed by atoms with Gasteiger partial charge in [0.1, 0.15) is 0 Å². The van der Waals surface area contributed by atoms with Gasteiger partial charge in [-0.15, -0.1) is 10.2 Å². The average molecular weight is 513 g/mol. The largest absolute Gasteiger partial charge is 0.276 e. The highest BCUT2D eigenvalue weighted by atomic mass is 32.2. The summed E-state index contributed by atoms with van der Waals surface area (Å²) in [5, 5.41) is 24.3. The van der Waals surface area contributed by atoms with Crippen LogP contribution in [-0.2, 0) is 4.79 Å². The fraction of sp³-hybridized carbons (Fsp3) is 0.111. The zero-order valence-corrected chi connectivity index (χ0v) is 21.1. The Morgan fingerprint density at radius 3 is 2.41 bits per heavy atom. The molecule has 0 bridgehead atoms. The smallest absolute Gasteiger partial charge is 0.272 e. The predicted molar refractivity (Wildman–Crippen MR) is 146 cm³/mol. The second kappa shape index (κ2) is 11.9. The molecule has 4 rings (SSSR count). The van der Waals surface area contributed by atoms with Gasteiger partial charge in [-0.05, 0) is 44.2 Å². The minimum absolute atomic E-state index is 0.00437. The molecule has 0 unspecified atom stereocenters. The maximum Gasteiger partial charge on any atom is 0.276 e. The lowest BCUT2D eigenvalue weighted by Gasteiger charge is -2.11. The van der Waals surface area contributed by atoms with Crippen molar-refractivity contribution in [3.05, 3.63) is 106 Å². The Bertz CT molecular complexity index is 1460. The number of allylic oxidation sites excluding steroid dienone is 1. The predicted octanol–water partition coefficient (Wildman–Crippen LogP) is 5.37. The molecule has 1 aromatic heterocycles. The van der Waals surface area contributed by atoms with E-state index in [9.17, 15) is 14.9 Å². The lowest BCUT2D eigenvalue weighted by atomic mass is 10.1. The normalized spacial score (nSPS) is 11.3. The third-order valence-electron chi connectivity index (χ3n) is 5.33. The molecule has 0 aliphatic carbocycles. The van der Waals surface area contributed by atoms with E-state index in [1.807, 2.05) is 66.9 Å². The molecule has 0 saturated heterocycles. The molecule has 1 heterocycles. The topological polar surface area (TPSA) is 115 Å². The molecule has 3 aromatic carbocycles. The molecule has 0 aliphatic heterocycles. The zero-order chi connectivity index (χ0) is 26.2. The molecule has 37 heavy (non-hydrogen) atoms. The number of aryl methyl sites for hydroxylation is 2. The van der Waals surface area contributed by atoms with Crippen molar-refractivity contribution in [2.45, 2.75) is 19.0 Å². The highest BCUT2D eigenvalue weighted by Crippen LogP contribution is 2.28. The number of thioether (sulfide) groups is 1. The van der Waals surface area contributed by atoms with Gasteiger partial charge in [0.25, 0.3) is 11.6 Å². The van der Waals surface area contributed by atoms with Crippen LogP contribution in [0.4, 0.5) is 5.69 Å². The number of rotatable bonds is 9. The number of carbonyl (C=O) groups excluding carboxylic acids is 1. The first kappa shape index (κ1) is 25.5. The SMILES string of the molecule is Cc1ccc(-c2nnc(SCC(=O)NN=CC=Cc3ccccc3[N+](=O)[O-])n2-c2ccc(C)cc2)cc1. The maximum atomic E-state index is 12.4. The quantitative estimate of drug-likeness (QED) is 0.140. The van der Waals surface area contributed by atoms with E-state index in [2.05, 4.69) is 20.7 Å². The monoisotopic (exact) mass is 512 g/mol. The highest BCUT2D eigenvalue weighted by Gasteiger charge is 2.17. The van der Waals surface area contributed by atoms with Crippen LogP contribution in [0.15, 0.2) is 89.1 Å². The minimum Gasteiger partial charge on any atom is -0.272 e. The van der Waals surface area contributed by atoms with Crippen LogP contribution in [0, 0.1) is 24.0 Å². The highest BCUT2D eigenvalue weighted by molar-refractivity contribution is 7.99. The first-order valence-corrected chi connectivity index (χ1v) is 12.4. The van der Waals surface area contributed by atoms with E-state index < -0.39 is 4.92 Å². The van der Waals surface area contributed by atoms with Crippen LogP contribution >= 0.6 is 11.8 Å². The van der Waals surface area contributed by atoms with Crippen molar-refractivity contribution < 1.29 is 9.72 Å². The molecule has 0 atom stereocenters. The van der Waals surface area contributed by atoms with Gasteiger partial charge in [-0.3, -0.25) is 19.5 Å². The van der Waals surface area contributed by atoms with E-state index in [4.69, 9.17) is 0 Å². The molecular formula is C27H24N6O3S. The van der Waals surface area contributed by atoms with Gasteiger partial charge < -0.3 is 0 Å². The molecule has 0 spiro atoms. The Balaban J connectivity index is 1.44. The van der Waals surface area contributed by atoms with E-state index in [1.54, 1.807) is 24.3 Å². The van der Waals surface area contributed by atoms with Gasteiger partial charge in [0.05, 0.1) is 16.2 Å². The third kappa shape index (κ3) is 6.56. The van der Waals surface area contributed by atoms with Crippen LogP contribution in [0.25, 0.3) is 23.2 Å². The Kier molecular flexibility index (Phi) is 8.22. The van der Waals surface area contributed by atoms with Crippen molar-refractivity contribution in [2.75, 3.05) is 5.75 Å². The summed E-state index contributed by atoms with van der Waals surface area (Å²) in [7, 11) is 0. The third-order valence-corrected chi connectivity index (χ3v) is 6.26. The Morgan fingerprint density at radius 1 is 1.03 bits per heavy atom. The van der Waals surface area contributed by atoms with Crippen molar-refractivity contribution >= 4 is 35.6 Å². The van der Waals surface area contributed by atoms with Gasteiger partial charge in [0.2, 0.25) is 0 Å². The first-order valence-electron chi connectivity index (χ1n) is 11.4. The second-order valence-corrected chi connectivity index (χ2v) is 9.06. The van der Waals surface area contributed by atoms with Crippen LogP contribution in [0.3, 0.4) is 0 Å². The van der Waals surface area contributed by atoms with Gasteiger partial charge in [-0.2, -0.15) is 5.10 Å². The van der Waals surface area contributed by atoms with Crippen LogP contribution in [-0.4, -0.2) is 37.6 Å². The fourth-order valence-corrected chi connectivity index (χ4v) is 4.18. The number of nitrogens with zero attached hydrogens (tertiary/aromatic N) is 5. The van der Waals surface area contributed by atoms with Crippen LogP contribution in [0.2, 0.25) is 0 Å². The van der Waals surface area contributed by atoms with Gasteiger partial charge in [-0.1, -0.05) is 71.4 Å². The summed E-state index contributed by atoms with van der Waals surface area (Å²) >= 11 is 1.25. The summed E-state index contributed by atoms with van der Waals surface area (Å²) in [6, 6.07) is 22.4. The number of para-hydroxylation sites is 1. The van der Waals surface area contributed by atoms with Gasteiger partial charge >= 0.3 is 0 Å². The van der Waals surface area contributed by atoms with Gasteiger partial charge in [-0.25, -0.2) is 5.43 Å². The van der Waals surface area contributed by atoms with Gasteiger partial charge in [0.15, 0.2) is 11.0 Å². The lowest BCUT2D eigenvalue weighted by molar-refractivity contribution is -0.385. The van der Waals surface area contributed by atoms with Crippen molar-refractivity contribution in [1.29, 1.82) is 0 Å². The average Bonchev–Trinajstić information content (AvgIpc) is 3.32. The number of aromatic nitrogens is 3.